The van der Waals surface area contributed by atoms with Gasteiger partial charge in [-0.2, -0.15) is 4.98 Å². The number of aromatic nitrogens is 2. The standard InChI is InChI=1S/C11H13FN4S/c1-2-16(7-8-4-3-5-17-8)10-9(12)6-14-11(13)15-10/h3-6H,2,7H2,1H3,(H2,13,14,15). The fraction of sp³-hybridized carbons (Fsp3) is 0.273. The molecule has 0 saturated heterocycles. The Balaban J connectivity index is 2.25. The smallest absolute Gasteiger partial charge is 0.222 e. The summed E-state index contributed by atoms with van der Waals surface area (Å²) in [6.07, 6.45) is 1.11. The van der Waals surface area contributed by atoms with Gasteiger partial charge in [-0.05, 0) is 18.4 Å². The number of rotatable bonds is 4. The molecule has 0 bridgehead atoms. The summed E-state index contributed by atoms with van der Waals surface area (Å²) in [6.45, 7) is 3.23. The van der Waals surface area contributed by atoms with Gasteiger partial charge in [0.15, 0.2) is 11.6 Å². The summed E-state index contributed by atoms with van der Waals surface area (Å²) in [5.74, 6) is -0.1000. The third-order valence-corrected chi connectivity index (χ3v) is 3.21. The van der Waals surface area contributed by atoms with Crippen molar-refractivity contribution in [2.24, 2.45) is 0 Å². The molecule has 0 fully saturated rings. The molecule has 2 aromatic heterocycles. The van der Waals surface area contributed by atoms with Crippen LogP contribution in [0.15, 0.2) is 23.7 Å². The molecule has 2 aromatic rings. The first kappa shape index (κ1) is 11.8. The van der Waals surface area contributed by atoms with E-state index in [9.17, 15) is 4.39 Å². The summed E-state index contributed by atoms with van der Waals surface area (Å²) in [7, 11) is 0. The normalized spacial score (nSPS) is 10.5. The Morgan fingerprint density at radius 2 is 2.35 bits per heavy atom. The molecule has 0 spiro atoms. The molecule has 0 aliphatic heterocycles. The van der Waals surface area contributed by atoms with Crippen molar-refractivity contribution < 1.29 is 4.39 Å². The van der Waals surface area contributed by atoms with Gasteiger partial charge in [0.1, 0.15) is 0 Å². The number of nitrogens with zero attached hydrogens (tertiary/aromatic N) is 3. The van der Waals surface area contributed by atoms with Crippen LogP contribution < -0.4 is 10.6 Å². The number of thiophene rings is 1. The Morgan fingerprint density at radius 1 is 1.53 bits per heavy atom. The monoisotopic (exact) mass is 252 g/mol. The fourth-order valence-electron chi connectivity index (χ4n) is 1.52. The molecule has 0 radical (unpaired) electrons. The molecule has 2 heterocycles. The predicted molar refractivity (Wildman–Crippen MR) is 67.4 cm³/mol. The highest BCUT2D eigenvalue weighted by molar-refractivity contribution is 7.09. The van der Waals surface area contributed by atoms with Gasteiger partial charge < -0.3 is 10.6 Å². The average molecular weight is 252 g/mol. The quantitative estimate of drug-likeness (QED) is 0.907. The van der Waals surface area contributed by atoms with Gasteiger partial charge in [0.2, 0.25) is 5.95 Å². The van der Waals surface area contributed by atoms with Gasteiger partial charge in [0.05, 0.1) is 12.7 Å². The second-order valence-corrected chi connectivity index (χ2v) is 4.53. The van der Waals surface area contributed by atoms with E-state index in [4.69, 9.17) is 5.73 Å². The predicted octanol–water partition coefficient (Wildman–Crippen LogP) is 2.29. The lowest BCUT2D eigenvalue weighted by atomic mass is 10.4. The van der Waals surface area contributed by atoms with E-state index in [0.29, 0.717) is 13.1 Å². The van der Waals surface area contributed by atoms with E-state index < -0.39 is 5.82 Å². The van der Waals surface area contributed by atoms with Crippen LogP contribution in [-0.2, 0) is 6.54 Å². The van der Waals surface area contributed by atoms with E-state index in [-0.39, 0.29) is 11.8 Å². The van der Waals surface area contributed by atoms with Crippen molar-refractivity contribution in [3.63, 3.8) is 0 Å². The van der Waals surface area contributed by atoms with Gasteiger partial charge in [-0.15, -0.1) is 11.3 Å². The van der Waals surface area contributed by atoms with Crippen LogP contribution in [0.5, 0.6) is 0 Å². The van der Waals surface area contributed by atoms with Gasteiger partial charge in [-0.3, -0.25) is 0 Å². The van der Waals surface area contributed by atoms with Crippen LogP contribution in [0.3, 0.4) is 0 Å². The molecule has 0 saturated carbocycles. The Morgan fingerprint density at radius 3 is 3.00 bits per heavy atom. The third-order valence-electron chi connectivity index (χ3n) is 2.35. The number of nitrogens with two attached hydrogens (primary N) is 1. The van der Waals surface area contributed by atoms with Crippen LogP contribution in [0.2, 0.25) is 0 Å². The van der Waals surface area contributed by atoms with Gasteiger partial charge in [0, 0.05) is 11.4 Å². The molecule has 17 heavy (non-hydrogen) atoms. The molecule has 0 atom stereocenters. The van der Waals surface area contributed by atoms with Crippen molar-refractivity contribution in [2.45, 2.75) is 13.5 Å². The van der Waals surface area contributed by atoms with Crippen LogP contribution in [-0.4, -0.2) is 16.5 Å². The summed E-state index contributed by atoms with van der Waals surface area (Å²) in [6, 6.07) is 3.98. The lowest BCUT2D eigenvalue weighted by Gasteiger charge is -2.21. The molecule has 90 valence electrons. The van der Waals surface area contributed by atoms with Gasteiger partial charge >= 0.3 is 0 Å². The number of nitrogen functional groups attached to an aromatic ring is 1. The Hall–Kier alpha value is -1.69. The van der Waals surface area contributed by atoms with Crippen LogP contribution in [0, 0.1) is 5.82 Å². The molecule has 0 aliphatic rings. The number of anilines is 2. The molecule has 2 N–H and O–H groups in total. The summed E-state index contributed by atoms with van der Waals surface area (Å²) in [5.41, 5.74) is 5.48. The van der Waals surface area contributed by atoms with Gasteiger partial charge in [-0.1, -0.05) is 6.07 Å². The number of halogens is 1. The van der Waals surface area contributed by atoms with E-state index in [2.05, 4.69) is 9.97 Å². The average Bonchev–Trinajstić information content (AvgIpc) is 2.82. The minimum absolute atomic E-state index is 0.0889. The molecular formula is C11H13FN4S. The Kier molecular flexibility index (Phi) is 3.53. The van der Waals surface area contributed by atoms with E-state index in [1.165, 1.54) is 0 Å². The van der Waals surface area contributed by atoms with Crippen LogP contribution >= 0.6 is 11.3 Å². The SMILES string of the molecule is CCN(Cc1cccs1)c1nc(N)ncc1F. The maximum Gasteiger partial charge on any atom is 0.222 e. The minimum Gasteiger partial charge on any atom is -0.368 e. The minimum atomic E-state index is -0.447. The highest BCUT2D eigenvalue weighted by Gasteiger charge is 2.13. The van der Waals surface area contributed by atoms with Crippen molar-refractivity contribution in [3.05, 3.63) is 34.4 Å². The first-order valence-electron chi connectivity index (χ1n) is 5.26. The third kappa shape index (κ3) is 2.71. The maximum atomic E-state index is 13.6. The number of hydrogen-bond donors (Lipinski definition) is 1. The zero-order chi connectivity index (χ0) is 12.3. The summed E-state index contributed by atoms with van der Waals surface area (Å²) < 4.78 is 13.6. The van der Waals surface area contributed by atoms with Crippen molar-refractivity contribution in [3.8, 4) is 0 Å². The molecule has 0 aliphatic carbocycles. The molecular weight excluding hydrogens is 239 g/mol. The first-order valence-corrected chi connectivity index (χ1v) is 6.14. The van der Waals surface area contributed by atoms with E-state index in [1.54, 1.807) is 11.3 Å². The highest BCUT2D eigenvalue weighted by atomic mass is 32.1. The highest BCUT2D eigenvalue weighted by Crippen LogP contribution is 2.20. The van der Waals surface area contributed by atoms with Crippen molar-refractivity contribution in [2.75, 3.05) is 17.2 Å². The van der Waals surface area contributed by atoms with Crippen molar-refractivity contribution in [1.29, 1.82) is 0 Å². The van der Waals surface area contributed by atoms with E-state index in [1.807, 2.05) is 29.3 Å². The second kappa shape index (κ2) is 5.09. The number of hydrogen-bond acceptors (Lipinski definition) is 5. The van der Waals surface area contributed by atoms with E-state index >= 15 is 0 Å². The van der Waals surface area contributed by atoms with E-state index in [0.717, 1.165) is 11.1 Å². The van der Waals surface area contributed by atoms with Crippen LogP contribution in [0.4, 0.5) is 16.2 Å². The zero-order valence-corrected chi connectivity index (χ0v) is 10.2. The maximum absolute atomic E-state index is 13.6. The Bertz CT molecular complexity index is 486. The molecule has 4 nitrogen and oxygen atoms in total. The van der Waals surface area contributed by atoms with Crippen molar-refractivity contribution in [1.82, 2.24) is 9.97 Å². The topological polar surface area (TPSA) is 55.0 Å². The lowest BCUT2D eigenvalue weighted by Crippen LogP contribution is -2.24. The summed E-state index contributed by atoms with van der Waals surface area (Å²) >= 11 is 1.63. The second-order valence-electron chi connectivity index (χ2n) is 3.49. The lowest BCUT2D eigenvalue weighted by molar-refractivity contribution is 0.603. The molecule has 0 unspecified atom stereocenters. The first-order chi connectivity index (χ1) is 8.20. The molecule has 0 amide bonds. The van der Waals surface area contributed by atoms with Gasteiger partial charge in [0.25, 0.3) is 0 Å². The van der Waals surface area contributed by atoms with Crippen molar-refractivity contribution >= 4 is 23.1 Å². The zero-order valence-electron chi connectivity index (χ0n) is 9.43. The van der Waals surface area contributed by atoms with Crippen LogP contribution in [0.1, 0.15) is 11.8 Å². The molecule has 2 rings (SSSR count). The summed E-state index contributed by atoms with van der Waals surface area (Å²) in [4.78, 5) is 10.6. The van der Waals surface area contributed by atoms with Gasteiger partial charge in [-0.25, -0.2) is 9.37 Å². The Labute approximate surface area is 103 Å². The molecule has 6 heteroatoms. The summed E-state index contributed by atoms with van der Waals surface area (Å²) in [5, 5.41) is 1.99. The molecule has 0 aromatic carbocycles. The van der Waals surface area contributed by atoms with Crippen LogP contribution in [0.25, 0.3) is 0 Å². The fourth-order valence-corrected chi connectivity index (χ4v) is 2.24. The largest absolute Gasteiger partial charge is 0.368 e.